The van der Waals surface area contributed by atoms with Gasteiger partial charge in [0.25, 0.3) is 0 Å². The predicted octanol–water partition coefficient (Wildman–Crippen LogP) is 2.14. The van der Waals surface area contributed by atoms with Gasteiger partial charge in [0.1, 0.15) is 5.82 Å². The Balaban J connectivity index is 2.51. The van der Waals surface area contributed by atoms with Crippen LogP contribution in [0.15, 0.2) is 10.5 Å². The number of hydrogen-bond acceptors (Lipinski definition) is 4. The van der Waals surface area contributed by atoms with Crippen LogP contribution in [-0.4, -0.2) is 13.2 Å². The number of fused-ring (bicyclic) bond motifs is 1. The number of benzene rings is 1. The van der Waals surface area contributed by atoms with Crippen LogP contribution in [0.5, 0.6) is 11.5 Å². The molecule has 2 N–H and O–H groups in total. The Kier molecular flexibility index (Phi) is 3.63. The highest BCUT2D eigenvalue weighted by Crippen LogP contribution is 2.39. The minimum atomic E-state index is -0.435. The quantitative estimate of drug-likeness (QED) is 0.849. The Labute approximate surface area is 101 Å². The molecule has 0 amide bonds. The van der Waals surface area contributed by atoms with Gasteiger partial charge in [0, 0.05) is 12.5 Å². The number of halogens is 2. The molecular formula is C10H11BrFNO3. The van der Waals surface area contributed by atoms with E-state index in [1.54, 1.807) is 6.07 Å². The molecule has 0 unspecified atom stereocenters. The molecule has 1 aromatic carbocycles. The van der Waals surface area contributed by atoms with Crippen LogP contribution < -0.4 is 15.4 Å². The van der Waals surface area contributed by atoms with Crippen LogP contribution in [0.3, 0.4) is 0 Å². The standard InChI is InChI=1S/C10H11BrFNO3/c11-7-4-8-10(15-3-1-2-14-8)6(5-16-13)9(7)12/h4H,1-3,5,13H2. The first kappa shape index (κ1) is 11.6. The summed E-state index contributed by atoms with van der Waals surface area (Å²) in [5.41, 5.74) is 0.272. The fourth-order valence-corrected chi connectivity index (χ4v) is 1.98. The van der Waals surface area contributed by atoms with Gasteiger partial charge >= 0.3 is 0 Å². The van der Waals surface area contributed by atoms with E-state index in [2.05, 4.69) is 20.8 Å². The lowest BCUT2D eigenvalue weighted by Crippen LogP contribution is -2.06. The summed E-state index contributed by atoms with van der Waals surface area (Å²) in [7, 11) is 0. The van der Waals surface area contributed by atoms with Gasteiger partial charge in [-0.25, -0.2) is 10.3 Å². The molecule has 0 bridgehead atoms. The molecule has 2 rings (SSSR count). The molecule has 0 aliphatic carbocycles. The molecule has 0 atom stereocenters. The van der Waals surface area contributed by atoms with Crippen molar-refractivity contribution in [3.05, 3.63) is 21.9 Å². The van der Waals surface area contributed by atoms with Crippen molar-refractivity contribution in [1.82, 2.24) is 0 Å². The zero-order chi connectivity index (χ0) is 11.5. The molecule has 16 heavy (non-hydrogen) atoms. The minimum Gasteiger partial charge on any atom is -0.490 e. The maximum atomic E-state index is 13.8. The minimum absolute atomic E-state index is 0.0586. The van der Waals surface area contributed by atoms with Gasteiger partial charge in [-0.3, -0.25) is 4.84 Å². The second-order valence-electron chi connectivity index (χ2n) is 3.34. The SMILES string of the molecule is NOCc1c(F)c(Br)cc2c1OCCCO2. The number of nitrogens with two attached hydrogens (primary N) is 1. The monoisotopic (exact) mass is 291 g/mol. The molecule has 1 aliphatic heterocycles. The van der Waals surface area contributed by atoms with Crippen LogP contribution in [0.2, 0.25) is 0 Å². The summed E-state index contributed by atoms with van der Waals surface area (Å²) in [4.78, 5) is 4.47. The topological polar surface area (TPSA) is 53.7 Å². The molecule has 0 spiro atoms. The molecule has 4 nitrogen and oxygen atoms in total. The van der Waals surface area contributed by atoms with Gasteiger partial charge in [0.15, 0.2) is 11.5 Å². The average Bonchev–Trinajstić information content (AvgIpc) is 2.50. The molecule has 0 saturated heterocycles. The molecule has 0 saturated carbocycles. The van der Waals surface area contributed by atoms with Crippen LogP contribution in [0, 0.1) is 5.82 Å². The van der Waals surface area contributed by atoms with E-state index in [9.17, 15) is 4.39 Å². The van der Waals surface area contributed by atoms with E-state index in [1.165, 1.54) is 0 Å². The van der Waals surface area contributed by atoms with E-state index < -0.39 is 5.82 Å². The lowest BCUT2D eigenvalue weighted by Gasteiger charge is -2.13. The van der Waals surface area contributed by atoms with Gasteiger partial charge in [-0.1, -0.05) is 0 Å². The molecule has 1 heterocycles. The summed E-state index contributed by atoms with van der Waals surface area (Å²) in [6.07, 6.45) is 0.761. The number of ether oxygens (including phenoxy) is 2. The summed E-state index contributed by atoms with van der Waals surface area (Å²) in [6.45, 7) is 0.983. The molecule has 1 aliphatic rings. The summed E-state index contributed by atoms with van der Waals surface area (Å²) in [5, 5.41) is 0. The van der Waals surface area contributed by atoms with Crippen molar-refractivity contribution >= 4 is 15.9 Å². The second kappa shape index (κ2) is 4.99. The van der Waals surface area contributed by atoms with Gasteiger partial charge in [-0.05, 0) is 15.9 Å². The van der Waals surface area contributed by atoms with Crippen molar-refractivity contribution in [2.45, 2.75) is 13.0 Å². The van der Waals surface area contributed by atoms with Crippen LogP contribution >= 0.6 is 15.9 Å². The van der Waals surface area contributed by atoms with Gasteiger partial charge in [0.2, 0.25) is 0 Å². The first-order valence-electron chi connectivity index (χ1n) is 4.82. The lowest BCUT2D eigenvalue weighted by molar-refractivity contribution is 0.118. The predicted molar refractivity (Wildman–Crippen MR) is 58.7 cm³/mol. The van der Waals surface area contributed by atoms with Crippen LogP contribution in [0.25, 0.3) is 0 Å². The molecule has 6 heteroatoms. The van der Waals surface area contributed by atoms with Gasteiger partial charge in [-0.2, -0.15) is 0 Å². The van der Waals surface area contributed by atoms with Crippen molar-refractivity contribution in [3.63, 3.8) is 0 Å². The summed E-state index contributed by atoms with van der Waals surface area (Å²) >= 11 is 3.11. The zero-order valence-electron chi connectivity index (χ0n) is 8.46. The highest BCUT2D eigenvalue weighted by molar-refractivity contribution is 9.10. The Morgan fingerprint density at radius 1 is 1.44 bits per heavy atom. The summed E-state index contributed by atoms with van der Waals surface area (Å²) in [6, 6.07) is 1.55. The fraction of sp³-hybridized carbons (Fsp3) is 0.400. The summed E-state index contributed by atoms with van der Waals surface area (Å²) < 4.78 is 25.0. The third-order valence-corrected chi connectivity index (χ3v) is 2.83. The van der Waals surface area contributed by atoms with E-state index in [4.69, 9.17) is 15.4 Å². The summed E-state index contributed by atoms with van der Waals surface area (Å²) in [5.74, 6) is 5.43. The van der Waals surface area contributed by atoms with E-state index in [0.717, 1.165) is 6.42 Å². The third kappa shape index (κ3) is 2.14. The first-order chi connectivity index (χ1) is 7.74. The molecular weight excluding hydrogens is 281 g/mol. The number of hydrogen-bond donors (Lipinski definition) is 1. The van der Waals surface area contributed by atoms with Crippen molar-refractivity contribution in [2.24, 2.45) is 5.90 Å². The van der Waals surface area contributed by atoms with E-state index in [1.807, 2.05) is 0 Å². The average molecular weight is 292 g/mol. The van der Waals surface area contributed by atoms with Gasteiger partial charge in [0.05, 0.1) is 29.9 Å². The van der Waals surface area contributed by atoms with Crippen molar-refractivity contribution in [3.8, 4) is 11.5 Å². The van der Waals surface area contributed by atoms with E-state index >= 15 is 0 Å². The maximum Gasteiger partial charge on any atom is 0.169 e. The molecule has 88 valence electrons. The molecule has 0 radical (unpaired) electrons. The normalized spacial score (nSPS) is 14.7. The second-order valence-corrected chi connectivity index (χ2v) is 4.19. The Morgan fingerprint density at radius 3 is 2.94 bits per heavy atom. The first-order valence-corrected chi connectivity index (χ1v) is 5.61. The van der Waals surface area contributed by atoms with E-state index in [0.29, 0.717) is 29.2 Å². The molecule has 0 aromatic heterocycles. The highest BCUT2D eigenvalue weighted by Gasteiger charge is 2.21. The molecule has 0 fully saturated rings. The fourth-order valence-electron chi connectivity index (χ4n) is 1.53. The van der Waals surface area contributed by atoms with Crippen LogP contribution in [-0.2, 0) is 11.4 Å². The lowest BCUT2D eigenvalue weighted by atomic mass is 10.2. The molecule has 1 aromatic rings. The highest BCUT2D eigenvalue weighted by atomic mass is 79.9. The maximum absolute atomic E-state index is 13.8. The van der Waals surface area contributed by atoms with Crippen LogP contribution in [0.1, 0.15) is 12.0 Å². The van der Waals surface area contributed by atoms with Crippen molar-refractivity contribution < 1.29 is 18.7 Å². The van der Waals surface area contributed by atoms with Crippen molar-refractivity contribution in [2.75, 3.05) is 13.2 Å². The van der Waals surface area contributed by atoms with Gasteiger partial charge in [-0.15, -0.1) is 0 Å². The van der Waals surface area contributed by atoms with Crippen molar-refractivity contribution in [1.29, 1.82) is 0 Å². The largest absolute Gasteiger partial charge is 0.490 e. The Hall–Kier alpha value is -0.850. The number of rotatable bonds is 2. The van der Waals surface area contributed by atoms with Crippen LogP contribution in [0.4, 0.5) is 4.39 Å². The van der Waals surface area contributed by atoms with Gasteiger partial charge < -0.3 is 9.47 Å². The van der Waals surface area contributed by atoms with E-state index in [-0.39, 0.29) is 12.2 Å². The Morgan fingerprint density at radius 2 is 2.19 bits per heavy atom. The smallest absolute Gasteiger partial charge is 0.169 e. The third-order valence-electron chi connectivity index (χ3n) is 2.25. The Bertz CT molecular complexity index is 400. The zero-order valence-corrected chi connectivity index (χ0v) is 10.0.